The summed E-state index contributed by atoms with van der Waals surface area (Å²) in [6.45, 7) is 0. The smallest absolute Gasteiger partial charge is 0.315 e. The number of hydrogen-bond acceptors (Lipinski definition) is 3. The number of nitrogens with zero attached hydrogens (tertiary/aromatic N) is 1. The van der Waals surface area contributed by atoms with Crippen molar-refractivity contribution in [3.63, 3.8) is 0 Å². The number of aliphatic hydroxyl groups excluding tert-OH is 1. The van der Waals surface area contributed by atoms with Crippen LogP contribution in [0.25, 0.3) is 11.0 Å². The normalized spacial score (nSPS) is 20.1. The van der Waals surface area contributed by atoms with Crippen LogP contribution in [-0.2, 0) is 6.42 Å². The van der Waals surface area contributed by atoms with Gasteiger partial charge in [-0.1, -0.05) is 28.1 Å². The molecule has 158 valence electrons. The van der Waals surface area contributed by atoms with Gasteiger partial charge in [0.15, 0.2) is 0 Å². The predicted molar refractivity (Wildman–Crippen MR) is 117 cm³/mol. The molecule has 0 bridgehead atoms. The topological polar surface area (TPSA) is 90.0 Å². The zero-order chi connectivity index (χ0) is 21.1. The van der Waals surface area contributed by atoms with Gasteiger partial charge >= 0.3 is 6.03 Å². The van der Waals surface area contributed by atoms with E-state index in [4.69, 9.17) is 0 Å². The molecule has 1 atom stereocenters. The number of fused-ring (bicyclic) bond motifs is 1. The second-order valence-corrected chi connectivity index (χ2v) is 8.71. The number of aromatic nitrogens is 2. The van der Waals surface area contributed by atoms with E-state index in [1.54, 1.807) is 6.07 Å². The molecule has 1 aromatic heterocycles. The molecule has 1 aliphatic rings. The molecular formula is C22H24BrFN4O2. The lowest BCUT2D eigenvalue weighted by Gasteiger charge is -2.27. The fourth-order valence-corrected chi connectivity index (χ4v) is 4.11. The molecule has 1 aliphatic carbocycles. The lowest BCUT2D eigenvalue weighted by Crippen LogP contribution is -2.45. The van der Waals surface area contributed by atoms with Crippen molar-refractivity contribution in [3.8, 4) is 0 Å². The molecule has 0 aliphatic heterocycles. The number of amides is 2. The van der Waals surface area contributed by atoms with Crippen LogP contribution in [0, 0.1) is 5.82 Å². The summed E-state index contributed by atoms with van der Waals surface area (Å²) < 4.78 is 14.6. The number of carbonyl (C=O) groups is 1. The van der Waals surface area contributed by atoms with Gasteiger partial charge in [0.1, 0.15) is 11.6 Å². The second-order valence-electron chi connectivity index (χ2n) is 7.79. The van der Waals surface area contributed by atoms with E-state index in [0.717, 1.165) is 22.9 Å². The van der Waals surface area contributed by atoms with Gasteiger partial charge in [-0.25, -0.2) is 14.2 Å². The van der Waals surface area contributed by atoms with Crippen LogP contribution in [0.3, 0.4) is 0 Å². The van der Waals surface area contributed by atoms with Gasteiger partial charge in [-0.3, -0.25) is 0 Å². The Kier molecular flexibility index (Phi) is 6.34. The van der Waals surface area contributed by atoms with E-state index in [-0.39, 0.29) is 24.0 Å². The molecule has 3 aromatic rings. The summed E-state index contributed by atoms with van der Waals surface area (Å²) in [5.74, 6) is 0.236. The predicted octanol–water partition coefficient (Wildman–Crippen LogP) is 4.35. The second kappa shape index (κ2) is 9.14. The number of halogens is 2. The maximum absolute atomic E-state index is 13.6. The number of carbonyl (C=O) groups excluding carboxylic acids is 1. The van der Waals surface area contributed by atoms with Gasteiger partial charge in [-0.15, -0.1) is 0 Å². The first-order valence-electron chi connectivity index (χ1n) is 10.1. The highest BCUT2D eigenvalue weighted by Crippen LogP contribution is 2.22. The Morgan fingerprint density at radius 3 is 2.67 bits per heavy atom. The summed E-state index contributed by atoms with van der Waals surface area (Å²) in [6, 6.07) is 11.6. The van der Waals surface area contributed by atoms with E-state index in [9.17, 15) is 14.3 Å². The lowest BCUT2D eigenvalue weighted by atomic mass is 9.93. The standard InChI is InChI=1S/C22H24BrFN4O2/c23-14-3-1-13(2-4-14)11-20(21-26-18-10-5-15(24)12-19(18)27-21)28-22(30)25-16-6-8-17(29)9-7-16/h1-5,10,12,16-17,20,29H,6-9,11H2,(H,26,27)(H2,25,28,30)/t16?,17?,20-/m1/s1. The highest BCUT2D eigenvalue weighted by Gasteiger charge is 2.24. The summed E-state index contributed by atoms with van der Waals surface area (Å²) in [5, 5.41) is 15.7. The van der Waals surface area contributed by atoms with Crippen molar-refractivity contribution >= 4 is 33.0 Å². The molecule has 30 heavy (non-hydrogen) atoms. The van der Waals surface area contributed by atoms with Crippen LogP contribution in [0.5, 0.6) is 0 Å². The molecule has 2 aromatic carbocycles. The molecule has 1 saturated carbocycles. The van der Waals surface area contributed by atoms with Crippen molar-refractivity contribution in [3.05, 3.63) is 64.1 Å². The van der Waals surface area contributed by atoms with E-state index < -0.39 is 6.04 Å². The molecule has 1 heterocycles. The number of benzene rings is 2. The number of aliphatic hydroxyl groups is 1. The molecule has 6 nitrogen and oxygen atoms in total. The highest BCUT2D eigenvalue weighted by atomic mass is 79.9. The summed E-state index contributed by atoms with van der Waals surface area (Å²) in [5.41, 5.74) is 2.28. The molecule has 4 rings (SSSR count). The first-order chi connectivity index (χ1) is 14.5. The van der Waals surface area contributed by atoms with E-state index >= 15 is 0 Å². The minimum Gasteiger partial charge on any atom is -0.393 e. The molecule has 2 amide bonds. The van der Waals surface area contributed by atoms with Crippen LogP contribution in [0.2, 0.25) is 0 Å². The maximum Gasteiger partial charge on any atom is 0.315 e. The van der Waals surface area contributed by atoms with E-state index in [2.05, 4.69) is 36.5 Å². The van der Waals surface area contributed by atoms with Gasteiger partial charge in [0.05, 0.1) is 23.2 Å². The van der Waals surface area contributed by atoms with Gasteiger partial charge < -0.3 is 20.7 Å². The number of H-pyrrole nitrogens is 1. The Balaban J connectivity index is 1.52. The van der Waals surface area contributed by atoms with Crippen molar-refractivity contribution in [1.82, 2.24) is 20.6 Å². The van der Waals surface area contributed by atoms with Gasteiger partial charge in [0.25, 0.3) is 0 Å². The zero-order valence-corrected chi connectivity index (χ0v) is 18.0. The molecule has 1 fully saturated rings. The van der Waals surface area contributed by atoms with Crippen LogP contribution in [0.4, 0.5) is 9.18 Å². The van der Waals surface area contributed by atoms with Crippen molar-refractivity contribution in [2.24, 2.45) is 0 Å². The minimum absolute atomic E-state index is 0.0477. The van der Waals surface area contributed by atoms with Gasteiger partial charge in [-0.2, -0.15) is 0 Å². The minimum atomic E-state index is -0.407. The van der Waals surface area contributed by atoms with E-state index in [1.807, 2.05) is 24.3 Å². The zero-order valence-electron chi connectivity index (χ0n) is 16.4. The molecule has 0 unspecified atom stereocenters. The van der Waals surface area contributed by atoms with Gasteiger partial charge in [0.2, 0.25) is 0 Å². The maximum atomic E-state index is 13.6. The molecule has 0 spiro atoms. The van der Waals surface area contributed by atoms with Crippen molar-refractivity contribution < 1.29 is 14.3 Å². The Labute approximate surface area is 182 Å². The third-order valence-electron chi connectivity index (χ3n) is 5.48. The van der Waals surface area contributed by atoms with Crippen LogP contribution in [0.15, 0.2) is 46.9 Å². The SMILES string of the molecule is O=C(NC1CCC(O)CC1)N[C@H](Cc1ccc(Br)cc1)c1nc2ccc(F)cc2[nH]1. The number of aromatic amines is 1. The molecule has 8 heteroatoms. The Morgan fingerprint density at radius 1 is 1.20 bits per heavy atom. The highest BCUT2D eigenvalue weighted by molar-refractivity contribution is 9.10. The van der Waals surface area contributed by atoms with E-state index in [0.29, 0.717) is 36.1 Å². The third kappa shape index (κ3) is 5.17. The first-order valence-corrected chi connectivity index (χ1v) is 10.9. The molecule has 4 N–H and O–H groups in total. The third-order valence-corrected chi connectivity index (χ3v) is 6.01. The average Bonchev–Trinajstić information content (AvgIpc) is 3.14. The van der Waals surface area contributed by atoms with Gasteiger partial charge in [-0.05, 0) is 68.0 Å². The lowest BCUT2D eigenvalue weighted by molar-refractivity contribution is 0.117. The largest absolute Gasteiger partial charge is 0.393 e. The average molecular weight is 475 g/mol. The number of imidazole rings is 1. The summed E-state index contributed by atoms with van der Waals surface area (Å²) in [4.78, 5) is 20.4. The number of hydrogen-bond donors (Lipinski definition) is 4. The fourth-order valence-electron chi connectivity index (χ4n) is 3.84. The molecular weight excluding hydrogens is 451 g/mol. The molecule has 0 saturated heterocycles. The number of urea groups is 1. The summed E-state index contributed by atoms with van der Waals surface area (Å²) in [7, 11) is 0. The van der Waals surface area contributed by atoms with Crippen LogP contribution < -0.4 is 10.6 Å². The Hall–Kier alpha value is -2.45. The van der Waals surface area contributed by atoms with Crippen LogP contribution in [0.1, 0.15) is 43.1 Å². The number of rotatable bonds is 5. The van der Waals surface area contributed by atoms with Crippen molar-refractivity contribution in [2.45, 2.75) is 50.3 Å². The monoisotopic (exact) mass is 474 g/mol. The molecule has 0 radical (unpaired) electrons. The fraction of sp³-hybridized carbons (Fsp3) is 0.364. The van der Waals surface area contributed by atoms with Crippen molar-refractivity contribution in [1.29, 1.82) is 0 Å². The number of nitrogens with one attached hydrogen (secondary N) is 3. The first kappa shape index (κ1) is 20.8. The Bertz CT molecular complexity index is 1020. The quantitative estimate of drug-likeness (QED) is 0.442. The Morgan fingerprint density at radius 2 is 1.93 bits per heavy atom. The van der Waals surface area contributed by atoms with Crippen molar-refractivity contribution in [2.75, 3.05) is 0 Å². The van der Waals surface area contributed by atoms with Crippen LogP contribution >= 0.6 is 15.9 Å². The van der Waals surface area contributed by atoms with E-state index in [1.165, 1.54) is 12.1 Å². The van der Waals surface area contributed by atoms with Gasteiger partial charge in [0, 0.05) is 10.5 Å². The van der Waals surface area contributed by atoms with Crippen LogP contribution in [-0.4, -0.2) is 33.3 Å². The summed E-state index contributed by atoms with van der Waals surface area (Å²) >= 11 is 3.43. The summed E-state index contributed by atoms with van der Waals surface area (Å²) in [6.07, 6.45) is 3.18.